The van der Waals surface area contributed by atoms with Crippen molar-refractivity contribution in [3.05, 3.63) is 23.8 Å². The summed E-state index contributed by atoms with van der Waals surface area (Å²) < 4.78 is 10.7. The Labute approximate surface area is 112 Å². The number of nitrogens with one attached hydrogen (secondary N) is 2. The fourth-order valence-electron chi connectivity index (χ4n) is 2.60. The number of hydrogen-bond acceptors (Lipinski definition) is 4. The monoisotopic (exact) mass is 262 g/mol. The summed E-state index contributed by atoms with van der Waals surface area (Å²) in [5.74, 6) is 2.06. The summed E-state index contributed by atoms with van der Waals surface area (Å²) in [6.07, 6.45) is 0. The van der Waals surface area contributed by atoms with Gasteiger partial charge in [0.25, 0.3) is 0 Å². The zero-order valence-corrected chi connectivity index (χ0v) is 10.9. The second-order valence-electron chi connectivity index (χ2n) is 5.11. The Kier molecular flexibility index (Phi) is 3.29. The van der Waals surface area contributed by atoms with Gasteiger partial charge in [0.1, 0.15) is 0 Å². The molecule has 2 N–H and O–H groups in total. The van der Waals surface area contributed by atoms with Crippen molar-refractivity contribution in [3.8, 4) is 11.5 Å². The van der Waals surface area contributed by atoms with Crippen LogP contribution in [0.3, 0.4) is 0 Å². The minimum absolute atomic E-state index is 0.0638. The standard InChI is InChI=1S/C14H18N2O3/c1-9-5-15-7-11(9)14(17)16-6-10-3-2-4-12-13(10)19-8-18-12/h2-4,9,11,15H,5-8H2,1H3,(H,16,17)/t9-,11-/m1/s1. The fraction of sp³-hybridized carbons (Fsp3) is 0.500. The van der Waals surface area contributed by atoms with E-state index in [2.05, 4.69) is 17.6 Å². The second kappa shape index (κ2) is 5.09. The van der Waals surface area contributed by atoms with Crippen molar-refractivity contribution in [3.63, 3.8) is 0 Å². The van der Waals surface area contributed by atoms with E-state index < -0.39 is 0 Å². The molecule has 3 rings (SSSR count). The Hall–Kier alpha value is -1.75. The smallest absolute Gasteiger partial charge is 0.231 e. The number of fused-ring (bicyclic) bond motifs is 1. The molecule has 2 aliphatic rings. The summed E-state index contributed by atoms with van der Waals surface area (Å²) in [6, 6.07) is 5.73. The summed E-state index contributed by atoms with van der Waals surface area (Å²) in [5.41, 5.74) is 0.960. The first kappa shape index (κ1) is 12.3. The van der Waals surface area contributed by atoms with Crippen LogP contribution in [0.2, 0.25) is 0 Å². The maximum absolute atomic E-state index is 12.1. The molecular weight excluding hydrogens is 244 g/mol. The molecule has 1 aromatic carbocycles. The zero-order valence-electron chi connectivity index (χ0n) is 10.9. The Morgan fingerprint density at radius 3 is 3.11 bits per heavy atom. The molecule has 0 unspecified atom stereocenters. The molecule has 5 nitrogen and oxygen atoms in total. The minimum atomic E-state index is 0.0638. The number of benzene rings is 1. The van der Waals surface area contributed by atoms with E-state index in [4.69, 9.17) is 9.47 Å². The molecule has 1 aromatic rings. The van der Waals surface area contributed by atoms with Gasteiger partial charge >= 0.3 is 0 Å². The van der Waals surface area contributed by atoms with Gasteiger partial charge in [-0.05, 0) is 18.5 Å². The number of ether oxygens (including phenoxy) is 2. The molecule has 0 aromatic heterocycles. The van der Waals surface area contributed by atoms with Gasteiger partial charge in [0.2, 0.25) is 12.7 Å². The van der Waals surface area contributed by atoms with Crippen LogP contribution in [-0.2, 0) is 11.3 Å². The number of hydrogen-bond donors (Lipinski definition) is 2. The molecule has 2 heterocycles. The van der Waals surface area contributed by atoms with Gasteiger partial charge in [-0.25, -0.2) is 0 Å². The van der Waals surface area contributed by atoms with E-state index in [0.717, 1.165) is 30.2 Å². The number of para-hydroxylation sites is 1. The highest BCUT2D eigenvalue weighted by molar-refractivity contribution is 5.79. The maximum Gasteiger partial charge on any atom is 0.231 e. The van der Waals surface area contributed by atoms with Gasteiger partial charge in [0, 0.05) is 18.7 Å². The van der Waals surface area contributed by atoms with Crippen molar-refractivity contribution in [1.82, 2.24) is 10.6 Å². The van der Waals surface area contributed by atoms with Gasteiger partial charge in [0.15, 0.2) is 11.5 Å². The third-order valence-electron chi connectivity index (χ3n) is 3.79. The van der Waals surface area contributed by atoms with Crippen LogP contribution < -0.4 is 20.1 Å². The lowest BCUT2D eigenvalue weighted by Gasteiger charge is -2.14. The largest absolute Gasteiger partial charge is 0.454 e. The summed E-state index contributed by atoms with van der Waals surface area (Å²) in [4.78, 5) is 12.1. The van der Waals surface area contributed by atoms with Crippen molar-refractivity contribution < 1.29 is 14.3 Å². The van der Waals surface area contributed by atoms with Crippen LogP contribution in [0.15, 0.2) is 18.2 Å². The molecule has 2 atom stereocenters. The van der Waals surface area contributed by atoms with Gasteiger partial charge < -0.3 is 20.1 Å². The zero-order chi connectivity index (χ0) is 13.2. The van der Waals surface area contributed by atoms with Crippen molar-refractivity contribution in [2.45, 2.75) is 13.5 Å². The molecule has 0 saturated carbocycles. The average Bonchev–Trinajstić information content (AvgIpc) is 3.04. The van der Waals surface area contributed by atoms with Crippen LogP contribution in [0, 0.1) is 11.8 Å². The minimum Gasteiger partial charge on any atom is -0.454 e. The Balaban J connectivity index is 1.63. The van der Waals surface area contributed by atoms with Gasteiger partial charge in [0.05, 0.1) is 5.92 Å². The van der Waals surface area contributed by atoms with E-state index >= 15 is 0 Å². The number of amides is 1. The lowest BCUT2D eigenvalue weighted by molar-refractivity contribution is -0.125. The first-order chi connectivity index (χ1) is 9.25. The summed E-state index contributed by atoms with van der Waals surface area (Å²) in [6.45, 7) is 4.51. The SMILES string of the molecule is C[C@@H]1CNC[C@H]1C(=O)NCc1cccc2c1OCO2. The van der Waals surface area contributed by atoms with Crippen molar-refractivity contribution in [2.24, 2.45) is 11.8 Å². The number of rotatable bonds is 3. The van der Waals surface area contributed by atoms with E-state index in [-0.39, 0.29) is 18.6 Å². The van der Waals surface area contributed by atoms with Crippen LogP contribution in [0.4, 0.5) is 0 Å². The molecule has 0 spiro atoms. The normalized spacial score (nSPS) is 24.5. The van der Waals surface area contributed by atoms with Crippen LogP contribution in [0.1, 0.15) is 12.5 Å². The first-order valence-corrected chi connectivity index (χ1v) is 6.61. The molecule has 0 radical (unpaired) electrons. The van der Waals surface area contributed by atoms with Crippen molar-refractivity contribution in [2.75, 3.05) is 19.9 Å². The molecule has 1 fully saturated rings. The Morgan fingerprint density at radius 2 is 2.32 bits per heavy atom. The summed E-state index contributed by atoms with van der Waals surface area (Å²) >= 11 is 0. The van der Waals surface area contributed by atoms with E-state index in [9.17, 15) is 4.79 Å². The van der Waals surface area contributed by atoms with Gasteiger partial charge in [-0.1, -0.05) is 19.1 Å². The molecule has 1 saturated heterocycles. The molecule has 102 valence electrons. The van der Waals surface area contributed by atoms with E-state index in [1.807, 2.05) is 18.2 Å². The van der Waals surface area contributed by atoms with Crippen molar-refractivity contribution in [1.29, 1.82) is 0 Å². The molecule has 1 amide bonds. The molecule has 0 aliphatic carbocycles. The molecule has 0 bridgehead atoms. The van der Waals surface area contributed by atoms with E-state index in [1.54, 1.807) is 0 Å². The predicted molar refractivity (Wildman–Crippen MR) is 69.9 cm³/mol. The van der Waals surface area contributed by atoms with Gasteiger partial charge in [-0.2, -0.15) is 0 Å². The topological polar surface area (TPSA) is 59.6 Å². The first-order valence-electron chi connectivity index (χ1n) is 6.61. The quantitative estimate of drug-likeness (QED) is 0.849. The van der Waals surface area contributed by atoms with Crippen LogP contribution in [0.5, 0.6) is 11.5 Å². The molecule has 19 heavy (non-hydrogen) atoms. The molecule has 5 heteroatoms. The Bertz CT molecular complexity index is 490. The highest BCUT2D eigenvalue weighted by atomic mass is 16.7. The van der Waals surface area contributed by atoms with Crippen molar-refractivity contribution >= 4 is 5.91 Å². The van der Waals surface area contributed by atoms with Crippen LogP contribution in [0.25, 0.3) is 0 Å². The third-order valence-corrected chi connectivity index (χ3v) is 3.79. The van der Waals surface area contributed by atoms with Crippen LogP contribution >= 0.6 is 0 Å². The fourth-order valence-corrected chi connectivity index (χ4v) is 2.60. The number of carbonyl (C=O) groups is 1. The third kappa shape index (κ3) is 2.38. The summed E-state index contributed by atoms with van der Waals surface area (Å²) in [5, 5.41) is 6.22. The van der Waals surface area contributed by atoms with Gasteiger partial charge in [-0.15, -0.1) is 0 Å². The highest BCUT2D eigenvalue weighted by Gasteiger charge is 2.29. The second-order valence-corrected chi connectivity index (χ2v) is 5.11. The van der Waals surface area contributed by atoms with Crippen LogP contribution in [-0.4, -0.2) is 25.8 Å². The predicted octanol–water partition coefficient (Wildman–Crippen LogP) is 0.887. The summed E-state index contributed by atoms with van der Waals surface area (Å²) in [7, 11) is 0. The molecule has 2 aliphatic heterocycles. The van der Waals surface area contributed by atoms with E-state index in [1.165, 1.54) is 0 Å². The average molecular weight is 262 g/mol. The van der Waals surface area contributed by atoms with Gasteiger partial charge in [-0.3, -0.25) is 4.79 Å². The van der Waals surface area contributed by atoms with E-state index in [0.29, 0.717) is 12.5 Å². The Morgan fingerprint density at radius 1 is 1.42 bits per heavy atom. The molecular formula is C14H18N2O3. The lowest BCUT2D eigenvalue weighted by Crippen LogP contribution is -2.33. The lowest BCUT2D eigenvalue weighted by atomic mass is 9.97. The maximum atomic E-state index is 12.1. The number of carbonyl (C=O) groups excluding carboxylic acids is 1. The highest BCUT2D eigenvalue weighted by Crippen LogP contribution is 2.35.